The van der Waals surface area contributed by atoms with Gasteiger partial charge >= 0.3 is 0 Å². The quantitative estimate of drug-likeness (QED) is 0.740. The summed E-state index contributed by atoms with van der Waals surface area (Å²) >= 11 is 3.17. The Labute approximate surface area is 125 Å². The number of rotatable bonds is 3. The van der Waals surface area contributed by atoms with Gasteiger partial charge in [-0.3, -0.25) is 0 Å². The summed E-state index contributed by atoms with van der Waals surface area (Å²) < 4.78 is 1.18. The van der Waals surface area contributed by atoms with E-state index in [1.54, 1.807) is 11.3 Å². The molecule has 0 bridgehead atoms. The number of fused-ring (bicyclic) bond motifs is 1. The van der Waals surface area contributed by atoms with E-state index in [-0.39, 0.29) is 11.8 Å². The minimum absolute atomic E-state index is 0.123. The van der Waals surface area contributed by atoms with Crippen molar-refractivity contribution < 1.29 is 5.11 Å². The molecule has 20 heavy (non-hydrogen) atoms. The van der Waals surface area contributed by atoms with Crippen LogP contribution < -0.4 is 5.32 Å². The Morgan fingerprint density at radius 2 is 2.00 bits per heavy atom. The number of nitrogens with zero attached hydrogens (tertiary/aromatic N) is 2. The van der Waals surface area contributed by atoms with Gasteiger partial charge < -0.3 is 10.4 Å². The lowest BCUT2D eigenvalue weighted by atomic mass is 10.2. The van der Waals surface area contributed by atoms with Gasteiger partial charge in [0.15, 0.2) is 5.13 Å². The van der Waals surface area contributed by atoms with Crippen LogP contribution in [-0.4, -0.2) is 15.1 Å². The normalized spacial score (nSPS) is 11.4. The Morgan fingerprint density at radius 1 is 1.20 bits per heavy atom. The highest BCUT2D eigenvalue weighted by Crippen LogP contribution is 2.35. The SMILES string of the molecule is Cc1nc2cc(Nc3nc(O)c(C(C)C)s3)ccc2s1. The van der Waals surface area contributed by atoms with Crippen molar-refractivity contribution in [3.05, 3.63) is 28.1 Å². The molecule has 2 aromatic heterocycles. The molecule has 0 amide bonds. The Balaban J connectivity index is 1.90. The maximum Gasteiger partial charge on any atom is 0.227 e. The number of aromatic nitrogens is 2. The summed E-state index contributed by atoms with van der Waals surface area (Å²) in [6, 6.07) is 6.07. The number of benzene rings is 1. The number of aryl methyl sites for hydroxylation is 1. The second-order valence-electron chi connectivity index (χ2n) is 4.90. The van der Waals surface area contributed by atoms with Gasteiger partial charge in [0.25, 0.3) is 0 Å². The molecule has 0 aliphatic heterocycles. The molecule has 6 heteroatoms. The summed E-state index contributed by atoms with van der Waals surface area (Å²) in [5, 5.41) is 14.8. The molecule has 0 fully saturated rings. The van der Waals surface area contributed by atoms with Crippen LogP contribution in [0, 0.1) is 6.92 Å². The van der Waals surface area contributed by atoms with Crippen molar-refractivity contribution in [3.63, 3.8) is 0 Å². The van der Waals surface area contributed by atoms with Crippen molar-refractivity contribution >= 4 is 43.7 Å². The van der Waals surface area contributed by atoms with Gasteiger partial charge in [0, 0.05) is 5.69 Å². The topological polar surface area (TPSA) is 58.0 Å². The van der Waals surface area contributed by atoms with E-state index < -0.39 is 0 Å². The van der Waals surface area contributed by atoms with Gasteiger partial charge in [0.05, 0.1) is 20.1 Å². The minimum Gasteiger partial charge on any atom is -0.492 e. The average molecular weight is 305 g/mol. The third-order valence-corrected chi connectivity index (χ3v) is 5.12. The first-order chi connectivity index (χ1) is 9.52. The molecule has 0 radical (unpaired) electrons. The summed E-state index contributed by atoms with van der Waals surface area (Å²) in [5.41, 5.74) is 1.93. The first kappa shape index (κ1) is 13.3. The van der Waals surface area contributed by atoms with Crippen LogP contribution in [-0.2, 0) is 0 Å². The molecule has 0 unspecified atom stereocenters. The van der Waals surface area contributed by atoms with Crippen LogP contribution >= 0.6 is 22.7 Å². The molecule has 2 N–H and O–H groups in total. The van der Waals surface area contributed by atoms with Crippen molar-refractivity contribution in [2.24, 2.45) is 0 Å². The average Bonchev–Trinajstić information content (AvgIpc) is 2.91. The van der Waals surface area contributed by atoms with E-state index in [2.05, 4.69) is 21.4 Å². The smallest absolute Gasteiger partial charge is 0.227 e. The Bertz CT molecular complexity index is 761. The monoisotopic (exact) mass is 305 g/mol. The first-order valence-electron chi connectivity index (χ1n) is 6.37. The molecule has 3 aromatic rings. The molecular weight excluding hydrogens is 290 g/mol. The number of anilines is 2. The summed E-state index contributed by atoms with van der Waals surface area (Å²) in [5.74, 6) is 0.393. The highest BCUT2D eigenvalue weighted by Gasteiger charge is 2.13. The van der Waals surface area contributed by atoms with Crippen LogP contribution in [0.1, 0.15) is 29.7 Å². The second-order valence-corrected chi connectivity index (χ2v) is 7.17. The van der Waals surface area contributed by atoms with Gasteiger partial charge in [0.1, 0.15) is 0 Å². The van der Waals surface area contributed by atoms with E-state index in [0.29, 0.717) is 5.13 Å². The third kappa shape index (κ3) is 2.48. The molecule has 0 atom stereocenters. The molecule has 0 spiro atoms. The van der Waals surface area contributed by atoms with Crippen molar-refractivity contribution in [2.45, 2.75) is 26.7 Å². The fraction of sp³-hybridized carbons (Fsp3) is 0.286. The van der Waals surface area contributed by atoms with Crippen LogP contribution in [0.5, 0.6) is 5.88 Å². The van der Waals surface area contributed by atoms with Crippen LogP contribution in [0.3, 0.4) is 0 Å². The van der Waals surface area contributed by atoms with Crippen molar-refractivity contribution in [1.82, 2.24) is 9.97 Å². The van der Waals surface area contributed by atoms with Gasteiger partial charge in [-0.25, -0.2) is 4.98 Å². The van der Waals surface area contributed by atoms with Gasteiger partial charge in [-0.2, -0.15) is 4.98 Å². The second kappa shape index (κ2) is 5.03. The summed E-state index contributed by atoms with van der Waals surface area (Å²) in [4.78, 5) is 9.54. The molecule has 1 aromatic carbocycles. The Kier molecular flexibility index (Phi) is 3.35. The zero-order valence-electron chi connectivity index (χ0n) is 11.5. The predicted octanol–water partition coefficient (Wildman–Crippen LogP) is 4.63. The highest BCUT2D eigenvalue weighted by molar-refractivity contribution is 7.18. The van der Waals surface area contributed by atoms with E-state index in [9.17, 15) is 5.11 Å². The van der Waals surface area contributed by atoms with Crippen molar-refractivity contribution in [2.75, 3.05) is 5.32 Å². The molecule has 3 rings (SSSR count). The standard InChI is InChI=1S/C14H15N3OS2/c1-7(2)12-13(18)17-14(20-12)16-9-4-5-11-10(6-9)15-8(3)19-11/h4-7,18H,1-3H3,(H,16,17). The highest BCUT2D eigenvalue weighted by atomic mass is 32.1. The lowest BCUT2D eigenvalue weighted by Gasteiger charge is -2.01. The summed E-state index contributed by atoms with van der Waals surface area (Å²) in [7, 11) is 0. The lowest BCUT2D eigenvalue weighted by molar-refractivity contribution is 0.449. The summed E-state index contributed by atoms with van der Waals surface area (Å²) in [6.45, 7) is 6.09. The van der Waals surface area contributed by atoms with Gasteiger partial charge in [-0.15, -0.1) is 11.3 Å². The number of hydrogen-bond donors (Lipinski definition) is 2. The maximum absolute atomic E-state index is 9.80. The van der Waals surface area contributed by atoms with Gasteiger partial charge in [-0.1, -0.05) is 25.2 Å². The molecule has 0 aliphatic rings. The molecular formula is C14H15N3OS2. The maximum atomic E-state index is 9.80. The molecule has 104 valence electrons. The molecule has 0 aliphatic carbocycles. The van der Waals surface area contributed by atoms with E-state index in [4.69, 9.17) is 0 Å². The summed E-state index contributed by atoms with van der Waals surface area (Å²) in [6.07, 6.45) is 0. The fourth-order valence-electron chi connectivity index (χ4n) is 2.00. The predicted molar refractivity (Wildman–Crippen MR) is 85.5 cm³/mol. The zero-order chi connectivity index (χ0) is 14.3. The molecule has 2 heterocycles. The van der Waals surface area contributed by atoms with Crippen molar-refractivity contribution in [1.29, 1.82) is 0 Å². The number of thiazole rings is 2. The number of aromatic hydroxyl groups is 1. The molecule has 4 nitrogen and oxygen atoms in total. The van der Waals surface area contributed by atoms with Gasteiger partial charge in [-0.05, 0) is 31.0 Å². The van der Waals surface area contributed by atoms with Crippen LogP contribution in [0.25, 0.3) is 10.2 Å². The van der Waals surface area contributed by atoms with E-state index in [0.717, 1.165) is 21.1 Å². The van der Waals surface area contributed by atoms with E-state index in [1.165, 1.54) is 16.0 Å². The van der Waals surface area contributed by atoms with Crippen LogP contribution in [0.2, 0.25) is 0 Å². The molecule has 0 saturated carbocycles. The first-order valence-corrected chi connectivity index (χ1v) is 8.00. The van der Waals surface area contributed by atoms with Crippen LogP contribution in [0.15, 0.2) is 18.2 Å². The Morgan fingerprint density at radius 3 is 2.70 bits per heavy atom. The number of nitrogens with one attached hydrogen (secondary N) is 1. The Hall–Kier alpha value is -1.66. The van der Waals surface area contributed by atoms with Crippen LogP contribution in [0.4, 0.5) is 10.8 Å². The van der Waals surface area contributed by atoms with Gasteiger partial charge in [0.2, 0.25) is 5.88 Å². The number of hydrogen-bond acceptors (Lipinski definition) is 6. The zero-order valence-corrected chi connectivity index (χ0v) is 13.1. The lowest BCUT2D eigenvalue weighted by Crippen LogP contribution is -1.88. The van der Waals surface area contributed by atoms with E-state index >= 15 is 0 Å². The van der Waals surface area contributed by atoms with E-state index in [1.807, 2.05) is 32.9 Å². The largest absolute Gasteiger partial charge is 0.492 e. The fourth-order valence-corrected chi connectivity index (χ4v) is 3.69. The minimum atomic E-state index is 0.123. The van der Waals surface area contributed by atoms with Crippen molar-refractivity contribution in [3.8, 4) is 5.88 Å². The molecule has 0 saturated heterocycles. The third-order valence-electron chi connectivity index (χ3n) is 2.90.